The van der Waals surface area contributed by atoms with E-state index in [-0.39, 0.29) is 11.3 Å². The van der Waals surface area contributed by atoms with Gasteiger partial charge in [-0.2, -0.15) is 5.10 Å². The molecule has 0 aliphatic heterocycles. The highest BCUT2D eigenvalue weighted by atomic mass is 16.6. The van der Waals surface area contributed by atoms with Crippen LogP contribution in [0.5, 0.6) is 17.2 Å². The molecule has 0 aromatic heterocycles. The number of methoxy groups -OCH3 is 3. The van der Waals surface area contributed by atoms with Crippen LogP contribution in [-0.4, -0.2) is 38.4 Å². The van der Waals surface area contributed by atoms with Crippen molar-refractivity contribution in [3.05, 3.63) is 57.6 Å². The van der Waals surface area contributed by atoms with Crippen molar-refractivity contribution >= 4 is 17.8 Å². The van der Waals surface area contributed by atoms with Crippen molar-refractivity contribution in [2.45, 2.75) is 0 Å². The van der Waals surface area contributed by atoms with E-state index in [0.29, 0.717) is 22.8 Å². The number of rotatable bonds is 7. The molecular weight excluding hydrogens is 342 g/mol. The molecule has 2 aromatic carbocycles. The molecule has 1 N–H and O–H groups in total. The van der Waals surface area contributed by atoms with Gasteiger partial charge in [-0.1, -0.05) is 12.1 Å². The number of hydrazone groups is 1. The zero-order valence-corrected chi connectivity index (χ0v) is 14.4. The lowest BCUT2D eigenvalue weighted by molar-refractivity contribution is -0.385. The first-order valence-electron chi connectivity index (χ1n) is 7.39. The van der Waals surface area contributed by atoms with Crippen LogP contribution in [0.15, 0.2) is 41.5 Å². The first-order valence-corrected chi connectivity index (χ1v) is 7.39. The van der Waals surface area contributed by atoms with E-state index in [2.05, 4.69) is 10.5 Å². The molecule has 0 fully saturated rings. The number of carbonyl (C=O) groups excluding carboxylic acids is 1. The third kappa shape index (κ3) is 3.89. The molecule has 0 spiro atoms. The first-order chi connectivity index (χ1) is 12.5. The van der Waals surface area contributed by atoms with Crippen LogP contribution >= 0.6 is 0 Å². The van der Waals surface area contributed by atoms with E-state index in [1.807, 2.05) is 0 Å². The van der Waals surface area contributed by atoms with E-state index in [1.54, 1.807) is 12.1 Å². The zero-order chi connectivity index (χ0) is 19.1. The fourth-order valence-corrected chi connectivity index (χ4v) is 2.27. The molecule has 136 valence electrons. The predicted octanol–water partition coefficient (Wildman–Crippen LogP) is 2.38. The summed E-state index contributed by atoms with van der Waals surface area (Å²) in [7, 11) is 4.43. The van der Waals surface area contributed by atoms with Crippen LogP contribution in [0.25, 0.3) is 0 Å². The largest absolute Gasteiger partial charge is 0.493 e. The average Bonchev–Trinajstić information content (AvgIpc) is 2.66. The van der Waals surface area contributed by atoms with Gasteiger partial charge < -0.3 is 14.2 Å². The van der Waals surface area contributed by atoms with Crippen LogP contribution in [0.4, 0.5) is 5.69 Å². The lowest BCUT2D eigenvalue weighted by Gasteiger charge is -2.13. The molecule has 0 saturated heterocycles. The van der Waals surface area contributed by atoms with Crippen molar-refractivity contribution < 1.29 is 23.9 Å². The molecule has 0 bridgehead atoms. The van der Waals surface area contributed by atoms with Gasteiger partial charge >= 0.3 is 0 Å². The van der Waals surface area contributed by atoms with Gasteiger partial charge in [0, 0.05) is 11.6 Å². The summed E-state index contributed by atoms with van der Waals surface area (Å²) in [6.45, 7) is 0. The number of nitro benzene ring substituents is 1. The van der Waals surface area contributed by atoms with Gasteiger partial charge in [-0.15, -0.1) is 0 Å². The molecule has 0 radical (unpaired) electrons. The molecule has 2 rings (SSSR count). The summed E-state index contributed by atoms with van der Waals surface area (Å²) in [4.78, 5) is 22.5. The lowest BCUT2D eigenvalue weighted by Crippen LogP contribution is -2.19. The summed E-state index contributed by atoms with van der Waals surface area (Å²) in [5, 5.41) is 14.8. The normalized spacial score (nSPS) is 10.4. The maximum Gasteiger partial charge on any atom is 0.282 e. The Balaban J connectivity index is 2.24. The molecule has 0 aliphatic rings. The van der Waals surface area contributed by atoms with Crippen molar-refractivity contribution in [2.24, 2.45) is 5.10 Å². The van der Waals surface area contributed by atoms with Gasteiger partial charge in [0.1, 0.15) is 5.56 Å². The van der Waals surface area contributed by atoms with Gasteiger partial charge in [0.15, 0.2) is 11.5 Å². The van der Waals surface area contributed by atoms with E-state index in [9.17, 15) is 14.9 Å². The molecule has 26 heavy (non-hydrogen) atoms. The Morgan fingerprint density at radius 3 is 2.38 bits per heavy atom. The van der Waals surface area contributed by atoms with Gasteiger partial charge in [0.05, 0.1) is 32.5 Å². The Hall–Kier alpha value is -3.62. The van der Waals surface area contributed by atoms with Crippen molar-refractivity contribution in [2.75, 3.05) is 21.3 Å². The highest BCUT2D eigenvalue weighted by Crippen LogP contribution is 2.38. The highest BCUT2D eigenvalue weighted by Gasteiger charge is 2.19. The number of hydrogen-bond donors (Lipinski definition) is 1. The second-order valence-corrected chi connectivity index (χ2v) is 4.90. The quantitative estimate of drug-likeness (QED) is 0.461. The minimum atomic E-state index is -0.701. The number of hydrogen-bond acceptors (Lipinski definition) is 7. The topological polar surface area (TPSA) is 112 Å². The second-order valence-electron chi connectivity index (χ2n) is 4.90. The molecule has 9 heteroatoms. The summed E-state index contributed by atoms with van der Waals surface area (Å²) in [6.07, 6.45) is 1.34. The second kappa shape index (κ2) is 8.47. The van der Waals surface area contributed by atoms with Gasteiger partial charge in [-0.05, 0) is 18.2 Å². The van der Waals surface area contributed by atoms with Gasteiger partial charge in [-0.25, -0.2) is 5.43 Å². The van der Waals surface area contributed by atoms with E-state index < -0.39 is 10.8 Å². The van der Waals surface area contributed by atoms with Gasteiger partial charge in [-0.3, -0.25) is 14.9 Å². The Morgan fingerprint density at radius 1 is 1.08 bits per heavy atom. The molecule has 0 aliphatic carbocycles. The number of nitrogens with zero attached hydrogens (tertiary/aromatic N) is 2. The van der Waals surface area contributed by atoms with E-state index >= 15 is 0 Å². The van der Waals surface area contributed by atoms with Crippen LogP contribution < -0.4 is 19.6 Å². The molecule has 0 saturated carbocycles. The number of nitro groups is 1. The lowest BCUT2D eigenvalue weighted by atomic mass is 10.1. The molecule has 0 heterocycles. The maximum atomic E-state index is 12.1. The maximum absolute atomic E-state index is 12.1. The fourth-order valence-electron chi connectivity index (χ4n) is 2.27. The number of amides is 1. The van der Waals surface area contributed by atoms with Gasteiger partial charge in [0.2, 0.25) is 5.75 Å². The van der Waals surface area contributed by atoms with Crippen LogP contribution in [0, 0.1) is 10.1 Å². The number of ether oxygens (including phenoxy) is 3. The Kier molecular flexibility index (Phi) is 6.10. The predicted molar refractivity (Wildman–Crippen MR) is 94.3 cm³/mol. The smallest absolute Gasteiger partial charge is 0.282 e. The highest BCUT2D eigenvalue weighted by molar-refractivity contribution is 5.98. The average molecular weight is 359 g/mol. The van der Waals surface area contributed by atoms with E-state index in [4.69, 9.17) is 14.2 Å². The summed E-state index contributed by atoms with van der Waals surface area (Å²) in [5.74, 6) is 0.526. The van der Waals surface area contributed by atoms with E-state index in [1.165, 1.54) is 51.8 Å². The standard InChI is InChI=1S/C17H17N3O6/c1-24-14-9-8-11(15(25-2)16(14)26-3)10-18-19-17(21)12-6-4-5-7-13(12)20(22)23/h4-10H,1-3H3,(H,19,21)/b18-10+. The van der Waals surface area contributed by atoms with Crippen molar-refractivity contribution in [3.63, 3.8) is 0 Å². The fraction of sp³-hybridized carbons (Fsp3) is 0.176. The molecular formula is C17H17N3O6. The summed E-state index contributed by atoms with van der Waals surface area (Å²) in [5.41, 5.74) is 2.39. The minimum absolute atomic E-state index is 0.0890. The first kappa shape index (κ1) is 18.7. The molecule has 0 unspecified atom stereocenters. The Morgan fingerprint density at radius 2 is 1.77 bits per heavy atom. The number of para-hydroxylation sites is 1. The summed E-state index contributed by atoms with van der Waals surface area (Å²) < 4.78 is 15.8. The third-order valence-electron chi connectivity index (χ3n) is 3.45. The molecule has 0 atom stereocenters. The monoisotopic (exact) mass is 359 g/mol. The Bertz CT molecular complexity index is 850. The molecule has 9 nitrogen and oxygen atoms in total. The number of nitrogens with one attached hydrogen (secondary N) is 1. The Labute approximate surface area is 149 Å². The third-order valence-corrected chi connectivity index (χ3v) is 3.45. The zero-order valence-electron chi connectivity index (χ0n) is 14.4. The van der Waals surface area contributed by atoms with Crippen LogP contribution in [0.2, 0.25) is 0 Å². The van der Waals surface area contributed by atoms with Crippen molar-refractivity contribution in [3.8, 4) is 17.2 Å². The van der Waals surface area contributed by atoms with Crippen LogP contribution in [0.3, 0.4) is 0 Å². The van der Waals surface area contributed by atoms with Crippen molar-refractivity contribution in [1.29, 1.82) is 0 Å². The minimum Gasteiger partial charge on any atom is -0.493 e. The van der Waals surface area contributed by atoms with Crippen molar-refractivity contribution in [1.82, 2.24) is 5.43 Å². The summed E-state index contributed by atoms with van der Waals surface area (Å²) >= 11 is 0. The molecule has 1 amide bonds. The molecule has 2 aromatic rings. The van der Waals surface area contributed by atoms with Gasteiger partial charge in [0.25, 0.3) is 11.6 Å². The van der Waals surface area contributed by atoms with E-state index in [0.717, 1.165) is 0 Å². The number of carbonyl (C=O) groups is 1. The van der Waals surface area contributed by atoms with Crippen LogP contribution in [-0.2, 0) is 0 Å². The van der Waals surface area contributed by atoms with Crippen LogP contribution in [0.1, 0.15) is 15.9 Å². The summed E-state index contributed by atoms with van der Waals surface area (Å²) in [6, 6.07) is 8.93. The SMILES string of the molecule is COc1ccc(/C=N/NC(=O)c2ccccc2[N+](=O)[O-])c(OC)c1OC. The number of benzene rings is 2.